The van der Waals surface area contributed by atoms with Gasteiger partial charge in [0, 0.05) is 27.2 Å². The Bertz CT molecular complexity index is 1450. The van der Waals surface area contributed by atoms with Crippen LogP contribution >= 0.6 is 0 Å². The molecule has 5 rings (SSSR count). The minimum atomic E-state index is -0.878. The van der Waals surface area contributed by atoms with Crippen LogP contribution in [0.5, 0.6) is 5.75 Å². The standard InChI is InChI=1S/C24H27N5O4/c1-26-21-20(22(31)27(2)24(26)32)29(23(25-21)28-11-5-6-12-28)14-18(30)15-33-19-10-9-16-7-3-4-8-17(16)13-19/h3-4,7-10,13,18,30H,5-6,11-12,14-15H2,1-2H3. The maximum absolute atomic E-state index is 13.0. The van der Waals surface area contributed by atoms with E-state index in [0.29, 0.717) is 22.9 Å². The number of hydrogen-bond donors (Lipinski definition) is 1. The Labute approximate surface area is 190 Å². The molecule has 1 aliphatic heterocycles. The first-order valence-electron chi connectivity index (χ1n) is 11.1. The summed E-state index contributed by atoms with van der Waals surface area (Å²) in [5.74, 6) is 1.27. The van der Waals surface area contributed by atoms with Gasteiger partial charge in [-0.15, -0.1) is 0 Å². The molecule has 1 saturated heterocycles. The van der Waals surface area contributed by atoms with Gasteiger partial charge in [0.2, 0.25) is 5.95 Å². The van der Waals surface area contributed by atoms with Crippen molar-refractivity contribution in [2.75, 3.05) is 24.6 Å². The fourth-order valence-electron chi connectivity index (χ4n) is 4.48. The van der Waals surface area contributed by atoms with Crippen molar-refractivity contribution in [3.63, 3.8) is 0 Å². The summed E-state index contributed by atoms with van der Waals surface area (Å²) in [6.45, 7) is 1.83. The lowest BCUT2D eigenvalue weighted by atomic mass is 10.1. The predicted octanol–water partition coefficient (Wildman–Crippen LogP) is 1.63. The fraction of sp³-hybridized carbons (Fsp3) is 0.375. The number of benzene rings is 2. The van der Waals surface area contributed by atoms with Gasteiger partial charge in [-0.25, -0.2) is 4.79 Å². The van der Waals surface area contributed by atoms with Gasteiger partial charge in [0.1, 0.15) is 18.5 Å². The molecule has 9 nitrogen and oxygen atoms in total. The summed E-state index contributed by atoms with van der Waals surface area (Å²) in [5.41, 5.74) is -0.210. The Morgan fingerprint density at radius 1 is 1.03 bits per heavy atom. The van der Waals surface area contributed by atoms with Gasteiger partial charge in [0.15, 0.2) is 11.2 Å². The number of imidazole rings is 1. The average molecular weight is 450 g/mol. The number of ether oxygens (including phenoxy) is 1. The first kappa shape index (κ1) is 21.3. The Balaban J connectivity index is 1.45. The third-order valence-electron chi connectivity index (χ3n) is 6.27. The molecule has 9 heteroatoms. The molecule has 1 aliphatic rings. The smallest absolute Gasteiger partial charge is 0.332 e. The molecule has 0 amide bonds. The van der Waals surface area contributed by atoms with Crippen molar-refractivity contribution in [2.24, 2.45) is 14.1 Å². The van der Waals surface area contributed by atoms with Crippen molar-refractivity contribution in [1.29, 1.82) is 0 Å². The zero-order valence-electron chi connectivity index (χ0n) is 18.8. The highest BCUT2D eigenvalue weighted by molar-refractivity contribution is 5.83. The molecule has 0 saturated carbocycles. The number of anilines is 1. The minimum absolute atomic E-state index is 0.0591. The lowest BCUT2D eigenvalue weighted by molar-refractivity contribution is 0.0937. The van der Waals surface area contributed by atoms with Crippen LogP contribution in [0.25, 0.3) is 21.9 Å². The van der Waals surface area contributed by atoms with Crippen LogP contribution in [0, 0.1) is 0 Å². The minimum Gasteiger partial charge on any atom is -0.491 e. The SMILES string of the molecule is Cn1c(=O)c2c(nc(N3CCCC3)n2CC(O)COc2ccc3ccccc3c2)n(C)c1=O. The largest absolute Gasteiger partial charge is 0.491 e. The molecule has 0 aliphatic carbocycles. The summed E-state index contributed by atoms with van der Waals surface area (Å²) in [7, 11) is 3.06. The van der Waals surface area contributed by atoms with Crippen molar-refractivity contribution < 1.29 is 9.84 Å². The van der Waals surface area contributed by atoms with E-state index in [1.807, 2.05) is 42.5 Å². The maximum atomic E-state index is 13.0. The van der Waals surface area contributed by atoms with E-state index in [4.69, 9.17) is 4.74 Å². The first-order chi connectivity index (χ1) is 15.9. The number of aromatic nitrogens is 4. The number of nitrogens with zero attached hydrogens (tertiary/aromatic N) is 5. The van der Waals surface area contributed by atoms with E-state index in [9.17, 15) is 14.7 Å². The highest BCUT2D eigenvalue weighted by Crippen LogP contribution is 2.24. The van der Waals surface area contributed by atoms with Crippen molar-refractivity contribution in [2.45, 2.75) is 25.5 Å². The normalized spacial score (nSPS) is 14.9. The molecule has 2 aromatic heterocycles. The summed E-state index contributed by atoms with van der Waals surface area (Å²) in [5, 5.41) is 13.0. The second-order valence-electron chi connectivity index (χ2n) is 8.57. The van der Waals surface area contributed by atoms with Crippen LogP contribution in [-0.4, -0.2) is 49.6 Å². The van der Waals surface area contributed by atoms with E-state index < -0.39 is 17.4 Å². The predicted molar refractivity (Wildman–Crippen MR) is 127 cm³/mol. The summed E-state index contributed by atoms with van der Waals surface area (Å²) in [6.07, 6.45) is 1.19. The van der Waals surface area contributed by atoms with Gasteiger partial charge in [0.05, 0.1) is 6.54 Å². The highest BCUT2D eigenvalue weighted by atomic mass is 16.5. The van der Waals surface area contributed by atoms with E-state index in [1.54, 1.807) is 11.6 Å². The number of aliphatic hydroxyl groups excluding tert-OH is 1. The van der Waals surface area contributed by atoms with Crippen molar-refractivity contribution in [1.82, 2.24) is 18.7 Å². The Morgan fingerprint density at radius 2 is 1.76 bits per heavy atom. The quantitative estimate of drug-likeness (QED) is 0.481. The number of aliphatic hydroxyl groups is 1. The van der Waals surface area contributed by atoms with E-state index in [0.717, 1.165) is 41.3 Å². The topological polar surface area (TPSA) is 94.5 Å². The molecule has 0 bridgehead atoms. The maximum Gasteiger partial charge on any atom is 0.332 e. The Kier molecular flexibility index (Phi) is 5.41. The van der Waals surface area contributed by atoms with Gasteiger partial charge in [-0.3, -0.25) is 13.9 Å². The molecule has 0 radical (unpaired) electrons. The molecule has 1 N–H and O–H groups in total. The molecule has 1 unspecified atom stereocenters. The molecule has 4 aromatic rings. The average Bonchev–Trinajstić information content (AvgIpc) is 3.48. The molecule has 172 valence electrons. The molecule has 1 fully saturated rings. The highest BCUT2D eigenvalue weighted by Gasteiger charge is 2.25. The molecular formula is C24H27N5O4. The van der Waals surface area contributed by atoms with Crippen LogP contribution in [-0.2, 0) is 20.6 Å². The molecule has 2 aromatic carbocycles. The number of rotatable bonds is 6. The van der Waals surface area contributed by atoms with E-state index in [1.165, 1.54) is 11.6 Å². The van der Waals surface area contributed by atoms with Crippen molar-refractivity contribution in [3.8, 4) is 5.75 Å². The van der Waals surface area contributed by atoms with Crippen LogP contribution in [0.15, 0.2) is 52.1 Å². The second-order valence-corrected chi connectivity index (χ2v) is 8.57. The van der Waals surface area contributed by atoms with Gasteiger partial charge in [-0.1, -0.05) is 30.3 Å². The summed E-state index contributed by atoms with van der Waals surface area (Å²) in [6, 6.07) is 13.8. The number of fused-ring (bicyclic) bond motifs is 2. The second kappa shape index (κ2) is 8.40. The fourth-order valence-corrected chi connectivity index (χ4v) is 4.48. The molecule has 1 atom stereocenters. The van der Waals surface area contributed by atoms with Gasteiger partial charge < -0.3 is 19.3 Å². The van der Waals surface area contributed by atoms with E-state index in [2.05, 4.69) is 9.88 Å². The van der Waals surface area contributed by atoms with E-state index in [-0.39, 0.29) is 13.2 Å². The Hall–Kier alpha value is -3.59. The van der Waals surface area contributed by atoms with Gasteiger partial charge in [-0.05, 0) is 35.7 Å². The Morgan fingerprint density at radius 3 is 2.52 bits per heavy atom. The van der Waals surface area contributed by atoms with E-state index >= 15 is 0 Å². The lowest BCUT2D eigenvalue weighted by Crippen LogP contribution is -2.38. The van der Waals surface area contributed by atoms with Crippen LogP contribution in [0.2, 0.25) is 0 Å². The first-order valence-corrected chi connectivity index (χ1v) is 11.1. The summed E-state index contributed by atoms with van der Waals surface area (Å²) in [4.78, 5) is 32.2. The third-order valence-corrected chi connectivity index (χ3v) is 6.27. The van der Waals surface area contributed by atoms with Crippen molar-refractivity contribution >= 4 is 27.9 Å². The number of hydrogen-bond acceptors (Lipinski definition) is 6. The summed E-state index contributed by atoms with van der Waals surface area (Å²) >= 11 is 0. The van der Waals surface area contributed by atoms with Crippen LogP contribution in [0.1, 0.15) is 12.8 Å². The molecule has 33 heavy (non-hydrogen) atoms. The zero-order chi connectivity index (χ0) is 23.1. The number of aryl methyl sites for hydroxylation is 1. The van der Waals surface area contributed by atoms with Crippen LogP contribution < -0.4 is 20.9 Å². The monoisotopic (exact) mass is 449 g/mol. The third kappa shape index (κ3) is 3.78. The molecular weight excluding hydrogens is 422 g/mol. The van der Waals surface area contributed by atoms with Gasteiger partial charge >= 0.3 is 5.69 Å². The molecule has 0 spiro atoms. The van der Waals surface area contributed by atoms with Crippen molar-refractivity contribution in [3.05, 3.63) is 63.3 Å². The lowest BCUT2D eigenvalue weighted by Gasteiger charge is -2.20. The molecule has 3 heterocycles. The van der Waals surface area contributed by atoms with Gasteiger partial charge in [0.25, 0.3) is 5.56 Å². The van der Waals surface area contributed by atoms with Crippen LogP contribution in [0.3, 0.4) is 0 Å². The summed E-state index contributed by atoms with van der Waals surface area (Å²) < 4.78 is 10.1. The van der Waals surface area contributed by atoms with Crippen LogP contribution in [0.4, 0.5) is 5.95 Å². The zero-order valence-corrected chi connectivity index (χ0v) is 18.8. The van der Waals surface area contributed by atoms with Gasteiger partial charge in [-0.2, -0.15) is 4.98 Å².